The summed E-state index contributed by atoms with van der Waals surface area (Å²) in [6, 6.07) is 0. The molecule has 0 bridgehead atoms. The molecule has 1 aromatic heterocycles. The Morgan fingerprint density at radius 2 is 2.41 bits per heavy atom. The van der Waals surface area contributed by atoms with Crippen LogP contribution in [0.25, 0.3) is 0 Å². The fourth-order valence-corrected chi connectivity index (χ4v) is 2.07. The smallest absolute Gasteiger partial charge is 0.202 e. The van der Waals surface area contributed by atoms with E-state index in [1.165, 1.54) is 19.3 Å². The van der Waals surface area contributed by atoms with Crippen LogP contribution < -0.4 is 5.32 Å². The first-order valence-corrected chi connectivity index (χ1v) is 6.73. The van der Waals surface area contributed by atoms with Crippen molar-refractivity contribution in [2.75, 3.05) is 25.1 Å². The van der Waals surface area contributed by atoms with E-state index in [4.69, 9.17) is 4.74 Å². The third-order valence-corrected chi connectivity index (χ3v) is 3.38. The standard InChI is InChI=1S/C13H23N3O/c1-2-17-10-4-8-16-9-7-14-13(16)15-11-12-5-3-6-12/h7,9,12H,2-6,8,10-11H2,1H3,(H,14,15). The molecule has 1 aliphatic carbocycles. The highest BCUT2D eigenvalue weighted by Crippen LogP contribution is 2.26. The maximum absolute atomic E-state index is 5.34. The number of anilines is 1. The average Bonchev–Trinajstić information content (AvgIpc) is 2.70. The Morgan fingerprint density at radius 3 is 3.12 bits per heavy atom. The fraction of sp³-hybridized carbons (Fsp3) is 0.769. The fourth-order valence-electron chi connectivity index (χ4n) is 2.07. The Balaban J connectivity index is 1.71. The molecule has 17 heavy (non-hydrogen) atoms. The molecule has 1 heterocycles. The summed E-state index contributed by atoms with van der Waals surface area (Å²) >= 11 is 0. The lowest BCUT2D eigenvalue weighted by molar-refractivity contribution is 0.142. The molecule has 2 rings (SSSR count). The number of hydrogen-bond acceptors (Lipinski definition) is 3. The quantitative estimate of drug-likeness (QED) is 0.706. The molecule has 0 atom stereocenters. The number of hydrogen-bond donors (Lipinski definition) is 1. The zero-order valence-electron chi connectivity index (χ0n) is 10.7. The van der Waals surface area contributed by atoms with Gasteiger partial charge in [-0.15, -0.1) is 0 Å². The molecule has 0 spiro atoms. The van der Waals surface area contributed by atoms with Gasteiger partial charge in [-0.25, -0.2) is 4.98 Å². The van der Waals surface area contributed by atoms with Crippen molar-refractivity contribution < 1.29 is 4.74 Å². The summed E-state index contributed by atoms with van der Waals surface area (Å²) in [5, 5.41) is 3.45. The number of ether oxygens (including phenoxy) is 1. The second-order valence-corrected chi connectivity index (χ2v) is 4.67. The monoisotopic (exact) mass is 237 g/mol. The number of nitrogens with one attached hydrogen (secondary N) is 1. The van der Waals surface area contributed by atoms with E-state index in [2.05, 4.69) is 14.9 Å². The molecule has 1 aliphatic rings. The minimum Gasteiger partial charge on any atom is -0.382 e. The molecule has 0 aliphatic heterocycles. The molecule has 4 heteroatoms. The summed E-state index contributed by atoms with van der Waals surface area (Å²) in [5.74, 6) is 1.87. The first-order chi connectivity index (χ1) is 8.40. The van der Waals surface area contributed by atoms with E-state index in [0.717, 1.165) is 44.6 Å². The molecule has 0 amide bonds. The Morgan fingerprint density at radius 1 is 1.53 bits per heavy atom. The molecular weight excluding hydrogens is 214 g/mol. The minimum atomic E-state index is 0.802. The van der Waals surface area contributed by atoms with Gasteiger partial charge in [-0.05, 0) is 32.1 Å². The molecule has 4 nitrogen and oxygen atoms in total. The number of aryl methyl sites for hydroxylation is 1. The first kappa shape index (κ1) is 12.4. The summed E-state index contributed by atoms with van der Waals surface area (Å²) in [6.07, 6.45) is 9.09. The number of rotatable bonds is 8. The highest BCUT2D eigenvalue weighted by molar-refractivity contribution is 5.25. The van der Waals surface area contributed by atoms with Crippen molar-refractivity contribution in [2.24, 2.45) is 5.92 Å². The van der Waals surface area contributed by atoms with E-state index < -0.39 is 0 Å². The van der Waals surface area contributed by atoms with Crippen LogP contribution in [0.3, 0.4) is 0 Å². The van der Waals surface area contributed by atoms with Crippen molar-refractivity contribution in [1.29, 1.82) is 0 Å². The summed E-state index contributed by atoms with van der Waals surface area (Å²) in [5.41, 5.74) is 0. The van der Waals surface area contributed by atoms with Crippen LogP contribution in [0.15, 0.2) is 12.4 Å². The Hall–Kier alpha value is -1.03. The molecule has 96 valence electrons. The number of imidazole rings is 1. The number of nitrogens with zero attached hydrogens (tertiary/aromatic N) is 2. The van der Waals surface area contributed by atoms with Crippen molar-refractivity contribution in [3.63, 3.8) is 0 Å². The summed E-state index contributed by atoms with van der Waals surface area (Å²) < 4.78 is 7.52. The van der Waals surface area contributed by atoms with Crippen LogP contribution in [-0.2, 0) is 11.3 Å². The van der Waals surface area contributed by atoms with Gasteiger partial charge in [-0.3, -0.25) is 0 Å². The minimum absolute atomic E-state index is 0.802. The first-order valence-electron chi connectivity index (χ1n) is 6.73. The molecule has 1 fully saturated rings. The van der Waals surface area contributed by atoms with Gasteiger partial charge >= 0.3 is 0 Å². The van der Waals surface area contributed by atoms with Crippen LogP contribution in [0.1, 0.15) is 32.6 Å². The van der Waals surface area contributed by atoms with Gasteiger partial charge in [0.15, 0.2) is 0 Å². The van der Waals surface area contributed by atoms with E-state index in [0.29, 0.717) is 0 Å². The maximum atomic E-state index is 5.34. The molecule has 0 saturated heterocycles. The second kappa shape index (κ2) is 6.64. The predicted molar refractivity (Wildman–Crippen MR) is 69.2 cm³/mol. The van der Waals surface area contributed by atoms with Crippen molar-refractivity contribution >= 4 is 5.95 Å². The van der Waals surface area contributed by atoms with Crippen LogP contribution in [0, 0.1) is 5.92 Å². The van der Waals surface area contributed by atoms with Crippen LogP contribution in [-0.4, -0.2) is 29.3 Å². The zero-order chi connectivity index (χ0) is 11.9. The molecule has 0 radical (unpaired) electrons. The van der Waals surface area contributed by atoms with Crippen LogP contribution in [0.4, 0.5) is 5.95 Å². The van der Waals surface area contributed by atoms with Gasteiger partial charge in [-0.2, -0.15) is 0 Å². The van der Waals surface area contributed by atoms with Crippen LogP contribution >= 0.6 is 0 Å². The van der Waals surface area contributed by atoms with Gasteiger partial charge < -0.3 is 14.6 Å². The summed E-state index contributed by atoms with van der Waals surface area (Å²) in [6.45, 7) is 5.71. The van der Waals surface area contributed by atoms with Crippen molar-refractivity contribution in [1.82, 2.24) is 9.55 Å². The highest BCUT2D eigenvalue weighted by atomic mass is 16.5. The van der Waals surface area contributed by atoms with Crippen LogP contribution in [0.2, 0.25) is 0 Å². The topological polar surface area (TPSA) is 39.1 Å². The van der Waals surface area contributed by atoms with Gasteiger partial charge in [0.25, 0.3) is 0 Å². The van der Waals surface area contributed by atoms with Gasteiger partial charge in [0.1, 0.15) is 0 Å². The largest absolute Gasteiger partial charge is 0.382 e. The van der Waals surface area contributed by atoms with Gasteiger partial charge in [0.2, 0.25) is 5.95 Å². The van der Waals surface area contributed by atoms with Crippen molar-refractivity contribution in [3.8, 4) is 0 Å². The Labute approximate surface area is 103 Å². The summed E-state index contributed by atoms with van der Waals surface area (Å²) in [7, 11) is 0. The predicted octanol–water partition coefficient (Wildman–Crippen LogP) is 2.52. The highest BCUT2D eigenvalue weighted by Gasteiger charge is 2.17. The van der Waals surface area contributed by atoms with Gasteiger partial charge in [0.05, 0.1) is 0 Å². The average molecular weight is 237 g/mol. The summed E-state index contributed by atoms with van der Waals surface area (Å²) in [4.78, 5) is 4.36. The second-order valence-electron chi connectivity index (χ2n) is 4.67. The van der Waals surface area contributed by atoms with Crippen molar-refractivity contribution in [2.45, 2.75) is 39.2 Å². The maximum Gasteiger partial charge on any atom is 0.202 e. The normalized spacial score (nSPS) is 15.8. The van der Waals surface area contributed by atoms with E-state index in [1.807, 2.05) is 19.3 Å². The molecule has 1 N–H and O–H groups in total. The van der Waals surface area contributed by atoms with E-state index in [-0.39, 0.29) is 0 Å². The van der Waals surface area contributed by atoms with E-state index in [9.17, 15) is 0 Å². The van der Waals surface area contributed by atoms with Crippen LogP contribution in [0.5, 0.6) is 0 Å². The third kappa shape index (κ3) is 3.73. The van der Waals surface area contributed by atoms with E-state index in [1.54, 1.807) is 0 Å². The molecular formula is C13H23N3O. The zero-order valence-corrected chi connectivity index (χ0v) is 10.7. The number of aromatic nitrogens is 2. The lowest BCUT2D eigenvalue weighted by atomic mass is 9.85. The van der Waals surface area contributed by atoms with Gasteiger partial charge in [0, 0.05) is 38.7 Å². The third-order valence-electron chi connectivity index (χ3n) is 3.38. The molecule has 1 aromatic rings. The van der Waals surface area contributed by atoms with E-state index >= 15 is 0 Å². The molecule has 0 aromatic carbocycles. The lowest BCUT2D eigenvalue weighted by Crippen LogP contribution is -2.22. The molecule has 1 saturated carbocycles. The lowest BCUT2D eigenvalue weighted by Gasteiger charge is -2.25. The SMILES string of the molecule is CCOCCCn1ccnc1NCC1CCC1. The molecule has 0 unspecified atom stereocenters. The Bertz CT molecular complexity index is 320. The van der Waals surface area contributed by atoms with Gasteiger partial charge in [-0.1, -0.05) is 6.42 Å². The van der Waals surface area contributed by atoms with Crippen molar-refractivity contribution in [3.05, 3.63) is 12.4 Å². The Kier molecular flexibility index (Phi) is 4.86.